The fourth-order valence-corrected chi connectivity index (χ4v) is 12.4. The number of nitrogens with zero attached hydrogens (tertiary/aromatic N) is 5. The van der Waals surface area contributed by atoms with E-state index in [0.717, 1.165) is 17.7 Å². The van der Waals surface area contributed by atoms with Gasteiger partial charge in [-0.3, -0.25) is 48.2 Å². The molecule has 3 aromatic carbocycles. The summed E-state index contributed by atoms with van der Waals surface area (Å²) in [7, 11) is 2.93. The van der Waals surface area contributed by atoms with Gasteiger partial charge in [0.1, 0.15) is 18.7 Å². The first-order chi connectivity index (χ1) is 51.3. The summed E-state index contributed by atoms with van der Waals surface area (Å²) >= 11 is 0. The van der Waals surface area contributed by atoms with Gasteiger partial charge in [-0.1, -0.05) is 39.8 Å². The molecule has 32 heteroatoms. The van der Waals surface area contributed by atoms with Crippen molar-refractivity contribution < 1.29 is 110 Å². The third kappa shape index (κ3) is 24.5. The van der Waals surface area contributed by atoms with Crippen LogP contribution in [0.3, 0.4) is 0 Å². The van der Waals surface area contributed by atoms with E-state index in [9.17, 15) is 48.3 Å². The molecule has 1 unspecified atom stereocenters. The van der Waals surface area contributed by atoms with E-state index in [1.165, 1.54) is 38.2 Å². The molecular weight excluding hydrogens is 1380 g/mol. The van der Waals surface area contributed by atoms with Crippen molar-refractivity contribution in [1.82, 2.24) is 30.7 Å². The fourth-order valence-electron chi connectivity index (χ4n) is 12.4. The largest absolute Gasteiger partial charge is 0.493 e. The number of carbonyl (C=O) groups excluding carboxylic acids is 9. The van der Waals surface area contributed by atoms with Crippen LogP contribution in [0, 0.1) is 17.8 Å². The molecule has 106 heavy (non-hydrogen) atoms. The van der Waals surface area contributed by atoms with E-state index in [0.29, 0.717) is 159 Å². The van der Waals surface area contributed by atoms with Gasteiger partial charge >= 0.3 is 6.09 Å². The van der Waals surface area contributed by atoms with Crippen molar-refractivity contribution in [2.24, 2.45) is 22.7 Å². The van der Waals surface area contributed by atoms with Crippen molar-refractivity contribution in [2.75, 3.05) is 170 Å². The Hall–Kier alpha value is -8.60. The molecule has 0 spiro atoms. The minimum Gasteiger partial charge on any atom is -0.493 e. The normalized spacial score (nSPS) is 18.1. The van der Waals surface area contributed by atoms with Crippen LogP contribution in [0.2, 0.25) is 0 Å². The maximum absolute atomic E-state index is 14.2. The smallest absolute Gasteiger partial charge is 0.416 e. The molecule has 3 fully saturated rings. The fraction of sp³-hybridized carbons (Fsp3) is 0.622. The van der Waals surface area contributed by atoms with Gasteiger partial charge in [0.05, 0.1) is 168 Å². The average molecular weight is 1490 g/mol. The SMILES string of the molecule is COc1cc2c(cc1OCCCOc1cc3c(cc1OC)C(=O)N1CCC[C@H]1[C@H](O)N3C(=O)OCc1ccc(NC(=O)[C@H](C)NC(=O)[C@@H](NC(=O)CCOCCOCCOCCOCCOCCOCCOCCOCCNC(=O)CCN3C(=O)CC(C(C)C)C3=O)C(C)C)cc1)N=C[C@@H]1CCCN1C2=O. The number of imide groups is 1. The zero-order valence-corrected chi connectivity index (χ0v) is 61.9. The number of amides is 9. The van der Waals surface area contributed by atoms with Crippen LogP contribution in [0.25, 0.3) is 0 Å². The third-order valence-corrected chi connectivity index (χ3v) is 18.3. The molecule has 0 saturated carbocycles. The van der Waals surface area contributed by atoms with Gasteiger partial charge in [0, 0.05) is 81.8 Å². The number of ether oxygens (including phenoxy) is 13. The van der Waals surface area contributed by atoms with E-state index in [1.54, 1.807) is 61.4 Å². The number of hydrogen-bond acceptors (Lipinski definition) is 24. The Morgan fingerprint density at radius 1 is 0.594 bits per heavy atom. The molecular formula is C74H105N9O23. The van der Waals surface area contributed by atoms with Gasteiger partial charge in [0.15, 0.2) is 29.2 Å². The molecule has 5 aliphatic rings. The molecule has 0 aliphatic carbocycles. The lowest BCUT2D eigenvalue weighted by Gasteiger charge is -2.31. The van der Waals surface area contributed by atoms with Crippen LogP contribution in [0.5, 0.6) is 23.0 Å². The lowest BCUT2D eigenvalue weighted by molar-refractivity contribution is -0.140. The number of fused-ring (bicyclic) bond motifs is 4. The summed E-state index contributed by atoms with van der Waals surface area (Å²) in [5.41, 5.74) is 2.02. The molecule has 0 radical (unpaired) electrons. The predicted octanol–water partition coefficient (Wildman–Crippen LogP) is 4.60. The summed E-state index contributed by atoms with van der Waals surface area (Å²) < 4.78 is 73.6. The predicted molar refractivity (Wildman–Crippen MR) is 384 cm³/mol. The Morgan fingerprint density at radius 3 is 1.72 bits per heavy atom. The molecule has 3 saturated heterocycles. The number of aliphatic imine (C=N–C) groups is 1. The molecule has 584 valence electrons. The molecule has 32 nitrogen and oxygen atoms in total. The number of nitrogens with one attached hydrogen (secondary N) is 4. The third-order valence-electron chi connectivity index (χ3n) is 18.3. The molecule has 0 aromatic heterocycles. The highest BCUT2D eigenvalue weighted by atomic mass is 16.6. The summed E-state index contributed by atoms with van der Waals surface area (Å²) in [5.74, 6) is -1.99. The molecule has 8 rings (SSSR count). The number of carbonyl (C=O) groups is 9. The second-order valence-electron chi connectivity index (χ2n) is 26.5. The summed E-state index contributed by atoms with van der Waals surface area (Å²) in [6.07, 6.45) is 2.84. The maximum atomic E-state index is 14.2. The molecule has 9 amide bonds. The van der Waals surface area contributed by atoms with Crippen molar-refractivity contribution in [3.8, 4) is 23.0 Å². The number of methoxy groups -OCH3 is 2. The highest BCUT2D eigenvalue weighted by molar-refractivity contribution is 6.07. The van der Waals surface area contributed by atoms with Gasteiger partial charge in [-0.05, 0) is 74.3 Å². The number of benzene rings is 3. The summed E-state index contributed by atoms with van der Waals surface area (Å²) in [6, 6.07) is 10.1. The van der Waals surface area contributed by atoms with Crippen molar-refractivity contribution in [1.29, 1.82) is 0 Å². The van der Waals surface area contributed by atoms with Crippen molar-refractivity contribution in [3.63, 3.8) is 0 Å². The van der Waals surface area contributed by atoms with Crippen molar-refractivity contribution >= 4 is 76.6 Å². The topological polar surface area (TPSA) is 367 Å². The summed E-state index contributed by atoms with van der Waals surface area (Å²) in [5, 5.41) is 22.8. The Kier molecular flexibility index (Phi) is 33.9. The summed E-state index contributed by atoms with van der Waals surface area (Å²) in [4.78, 5) is 128. The number of aliphatic hydroxyl groups excluding tert-OH is 1. The number of aliphatic hydroxyl groups is 1. The highest BCUT2D eigenvalue weighted by Crippen LogP contribution is 2.42. The lowest BCUT2D eigenvalue weighted by Crippen LogP contribution is -2.53. The van der Waals surface area contributed by atoms with Gasteiger partial charge in [0.2, 0.25) is 35.4 Å². The highest BCUT2D eigenvalue weighted by Gasteiger charge is 2.46. The van der Waals surface area contributed by atoms with E-state index in [-0.39, 0.29) is 136 Å². The van der Waals surface area contributed by atoms with Gasteiger partial charge in [-0.25, -0.2) is 9.69 Å². The van der Waals surface area contributed by atoms with Crippen LogP contribution in [-0.2, 0) is 78.0 Å². The lowest BCUT2D eigenvalue weighted by atomic mass is 9.94. The van der Waals surface area contributed by atoms with Crippen molar-refractivity contribution in [3.05, 3.63) is 65.2 Å². The molecule has 5 aliphatic heterocycles. The van der Waals surface area contributed by atoms with Gasteiger partial charge in [-0.2, -0.15) is 0 Å². The number of rotatable bonds is 47. The van der Waals surface area contributed by atoms with Crippen LogP contribution in [0.1, 0.15) is 112 Å². The second kappa shape index (κ2) is 43.3. The standard InChI is InChI=1S/C74H105N9O23/c1-48(2)54-43-66(86)82(70(54)89)22-17-64(84)75-19-26-97-28-30-99-32-34-101-36-38-103-40-39-102-37-35-100-33-31-98-29-27-96-25-18-65(85)79-67(49(3)4)69(88)77-50(5)68(87)78-52-15-13-51(14-16-52)47-106-74(93)83-59-45-63(61(95-7)42-56(59)72(91)81-21-9-12-58(81)73(83)92)105-24-10-23-104-62-44-57-55(41-60(62)94-6)71(90)80-20-8-11-53(80)46-76-57/h13-16,41-42,44-46,48-50,53-54,58,67,73,92H,8-12,17-40,43,47H2,1-7H3,(H,75,84)(H,77,88)(H,78,87)(H,79,85)/t50-,53-,54?,58-,67-,73-/m0/s1. The first-order valence-corrected chi connectivity index (χ1v) is 36.5. The molecule has 5 N–H and O–H groups in total. The Morgan fingerprint density at radius 2 is 1.14 bits per heavy atom. The van der Waals surface area contributed by atoms with Crippen molar-refractivity contribution in [2.45, 2.75) is 123 Å². The van der Waals surface area contributed by atoms with Gasteiger partial charge < -0.3 is 97.8 Å². The Bertz CT molecular complexity index is 3430. The van der Waals surface area contributed by atoms with Crippen LogP contribution < -0.4 is 45.1 Å². The average Bonchev–Trinajstić information content (AvgIpc) is 1.58. The molecule has 5 heterocycles. The van der Waals surface area contributed by atoms with Crippen LogP contribution in [0.15, 0.2) is 53.5 Å². The Labute approximate surface area is 618 Å². The van der Waals surface area contributed by atoms with Gasteiger partial charge in [-0.15, -0.1) is 0 Å². The van der Waals surface area contributed by atoms with Crippen LogP contribution in [0.4, 0.5) is 21.9 Å². The van der Waals surface area contributed by atoms with E-state index >= 15 is 0 Å². The number of anilines is 2. The zero-order chi connectivity index (χ0) is 75.9. The zero-order valence-electron chi connectivity index (χ0n) is 61.9. The minimum absolute atomic E-state index is 0.0130. The quantitative estimate of drug-likeness (QED) is 0.0381. The molecule has 3 aromatic rings. The van der Waals surface area contributed by atoms with E-state index < -0.39 is 54.1 Å². The number of hydrogen-bond donors (Lipinski definition) is 5. The first kappa shape index (κ1) is 83.0. The molecule has 6 atom stereocenters. The Balaban J connectivity index is 0.634. The maximum Gasteiger partial charge on any atom is 0.416 e. The number of likely N-dealkylation sites (tertiary alicyclic amines) is 1. The second-order valence-corrected chi connectivity index (χ2v) is 26.5. The van der Waals surface area contributed by atoms with Crippen LogP contribution >= 0.6 is 0 Å². The van der Waals surface area contributed by atoms with Crippen LogP contribution in [-0.4, -0.2) is 269 Å². The van der Waals surface area contributed by atoms with E-state index in [1.807, 2.05) is 18.7 Å². The summed E-state index contributed by atoms with van der Waals surface area (Å²) in [6.45, 7) is 15.8. The van der Waals surface area contributed by atoms with E-state index in [4.69, 9.17) is 61.6 Å². The van der Waals surface area contributed by atoms with Gasteiger partial charge in [0.25, 0.3) is 11.8 Å². The monoisotopic (exact) mass is 1490 g/mol. The van der Waals surface area contributed by atoms with E-state index in [2.05, 4.69) is 26.3 Å². The minimum atomic E-state index is -1.48. The first-order valence-electron chi connectivity index (χ1n) is 36.5. The molecule has 0 bridgehead atoms.